The molecule has 1 amide bonds. The Morgan fingerprint density at radius 3 is 2.48 bits per heavy atom. The van der Waals surface area contributed by atoms with Gasteiger partial charge in [-0.05, 0) is 50.3 Å². The standard InChI is InChI=1S/C19H30N4O3S/c1-4-20-19(22-14-18(24)23-10-6-5-7-11-23)21-13-16-8-9-17(15(2)12-16)27(3,25)26/h8-9,12H,4-7,10-11,13-14H2,1-3H3,(H2,20,21,22). The SMILES string of the molecule is CCNC(=NCc1ccc(S(C)(=O)=O)c(C)c1)NCC(=O)N1CCCCC1. The molecule has 27 heavy (non-hydrogen) atoms. The van der Waals surface area contributed by atoms with Gasteiger partial charge in [0.05, 0.1) is 18.0 Å². The Hall–Kier alpha value is -2.09. The number of aliphatic imine (C=N–C) groups is 1. The van der Waals surface area contributed by atoms with Crippen LogP contribution in [0, 0.1) is 6.92 Å². The third-order valence-corrected chi connectivity index (χ3v) is 5.78. The van der Waals surface area contributed by atoms with Crippen molar-refractivity contribution in [3.05, 3.63) is 29.3 Å². The predicted molar refractivity (Wildman–Crippen MR) is 108 cm³/mol. The van der Waals surface area contributed by atoms with Gasteiger partial charge in [0.2, 0.25) is 5.91 Å². The summed E-state index contributed by atoms with van der Waals surface area (Å²) < 4.78 is 23.4. The van der Waals surface area contributed by atoms with Gasteiger partial charge >= 0.3 is 0 Å². The van der Waals surface area contributed by atoms with Crippen molar-refractivity contribution in [2.75, 3.05) is 32.4 Å². The molecule has 1 aromatic carbocycles. The molecule has 7 nitrogen and oxygen atoms in total. The summed E-state index contributed by atoms with van der Waals surface area (Å²) in [5.41, 5.74) is 1.63. The number of nitrogens with one attached hydrogen (secondary N) is 2. The predicted octanol–water partition coefficient (Wildman–Crippen LogP) is 1.47. The van der Waals surface area contributed by atoms with Gasteiger partial charge in [-0.3, -0.25) is 4.79 Å². The van der Waals surface area contributed by atoms with Gasteiger partial charge in [-0.25, -0.2) is 13.4 Å². The average Bonchev–Trinajstić information content (AvgIpc) is 2.63. The fourth-order valence-electron chi connectivity index (χ4n) is 3.15. The second kappa shape index (κ2) is 9.73. The van der Waals surface area contributed by atoms with Crippen molar-refractivity contribution in [2.45, 2.75) is 44.6 Å². The molecule has 8 heteroatoms. The Balaban J connectivity index is 1.98. The van der Waals surface area contributed by atoms with Crippen LogP contribution in [0.1, 0.15) is 37.3 Å². The zero-order chi connectivity index (χ0) is 19.9. The van der Waals surface area contributed by atoms with Gasteiger partial charge in [0.25, 0.3) is 0 Å². The minimum atomic E-state index is -3.22. The van der Waals surface area contributed by atoms with Crippen molar-refractivity contribution >= 4 is 21.7 Å². The topological polar surface area (TPSA) is 90.9 Å². The number of aryl methyl sites for hydroxylation is 1. The number of hydrogen-bond donors (Lipinski definition) is 2. The van der Waals surface area contributed by atoms with Gasteiger partial charge in [-0.15, -0.1) is 0 Å². The van der Waals surface area contributed by atoms with Crippen LogP contribution in [0.3, 0.4) is 0 Å². The first-order valence-electron chi connectivity index (χ1n) is 9.41. The molecular formula is C19H30N4O3S. The maximum atomic E-state index is 12.3. The molecule has 0 aliphatic carbocycles. The van der Waals surface area contributed by atoms with E-state index in [0.717, 1.165) is 31.5 Å². The second-order valence-corrected chi connectivity index (χ2v) is 8.85. The zero-order valence-corrected chi connectivity index (χ0v) is 17.2. The van der Waals surface area contributed by atoms with Crippen LogP contribution in [0.15, 0.2) is 28.1 Å². The Bertz CT molecular complexity index is 784. The van der Waals surface area contributed by atoms with Gasteiger partial charge in [-0.2, -0.15) is 0 Å². The van der Waals surface area contributed by atoms with Crippen molar-refractivity contribution in [1.82, 2.24) is 15.5 Å². The van der Waals surface area contributed by atoms with E-state index in [0.29, 0.717) is 29.5 Å². The summed E-state index contributed by atoms with van der Waals surface area (Å²) in [7, 11) is -3.22. The van der Waals surface area contributed by atoms with Crippen LogP contribution in [0.5, 0.6) is 0 Å². The lowest BCUT2D eigenvalue weighted by atomic mass is 10.1. The van der Waals surface area contributed by atoms with E-state index in [1.165, 1.54) is 12.7 Å². The molecule has 1 aliphatic rings. The maximum Gasteiger partial charge on any atom is 0.241 e. The molecule has 0 spiro atoms. The summed E-state index contributed by atoms with van der Waals surface area (Å²) in [5.74, 6) is 0.668. The summed E-state index contributed by atoms with van der Waals surface area (Å²) in [4.78, 5) is 19.0. The molecule has 150 valence electrons. The third kappa shape index (κ3) is 6.53. The Morgan fingerprint density at radius 1 is 1.19 bits per heavy atom. The first-order chi connectivity index (χ1) is 12.8. The van der Waals surface area contributed by atoms with Gasteiger partial charge in [0, 0.05) is 25.9 Å². The van der Waals surface area contributed by atoms with Crippen LogP contribution in [0.2, 0.25) is 0 Å². The number of carbonyl (C=O) groups is 1. The lowest BCUT2D eigenvalue weighted by molar-refractivity contribution is -0.130. The largest absolute Gasteiger partial charge is 0.357 e. The number of benzene rings is 1. The summed E-state index contributed by atoms with van der Waals surface area (Å²) in [5, 5.41) is 6.22. The number of hydrogen-bond acceptors (Lipinski definition) is 4. The Kier molecular flexibility index (Phi) is 7.65. The highest BCUT2D eigenvalue weighted by atomic mass is 32.2. The highest BCUT2D eigenvalue weighted by Gasteiger charge is 2.16. The molecule has 0 aromatic heterocycles. The Morgan fingerprint density at radius 2 is 1.89 bits per heavy atom. The smallest absolute Gasteiger partial charge is 0.241 e. The molecular weight excluding hydrogens is 364 g/mol. The molecule has 0 radical (unpaired) electrons. The zero-order valence-electron chi connectivity index (χ0n) is 16.4. The molecule has 2 rings (SSSR count). The van der Waals surface area contributed by atoms with Crippen LogP contribution >= 0.6 is 0 Å². The molecule has 1 saturated heterocycles. The lowest BCUT2D eigenvalue weighted by Gasteiger charge is -2.27. The van der Waals surface area contributed by atoms with Gasteiger partial charge in [-0.1, -0.05) is 12.1 Å². The molecule has 0 bridgehead atoms. The Labute approximate surface area is 162 Å². The molecule has 1 aliphatic heterocycles. The van der Waals surface area contributed by atoms with E-state index in [1.54, 1.807) is 19.1 Å². The fraction of sp³-hybridized carbons (Fsp3) is 0.579. The summed E-state index contributed by atoms with van der Waals surface area (Å²) in [6.45, 7) is 6.73. The lowest BCUT2D eigenvalue weighted by Crippen LogP contribution is -2.46. The van der Waals surface area contributed by atoms with Crippen LogP contribution in [-0.2, 0) is 21.2 Å². The molecule has 1 aromatic rings. The highest BCUT2D eigenvalue weighted by molar-refractivity contribution is 7.90. The van der Waals surface area contributed by atoms with E-state index < -0.39 is 9.84 Å². The number of likely N-dealkylation sites (tertiary alicyclic amines) is 1. The minimum absolute atomic E-state index is 0.0913. The average molecular weight is 395 g/mol. The molecule has 2 N–H and O–H groups in total. The minimum Gasteiger partial charge on any atom is -0.357 e. The van der Waals surface area contributed by atoms with Crippen molar-refractivity contribution < 1.29 is 13.2 Å². The molecule has 0 saturated carbocycles. The summed E-state index contributed by atoms with van der Waals surface area (Å²) in [6.07, 6.45) is 4.55. The van der Waals surface area contributed by atoms with E-state index in [2.05, 4.69) is 15.6 Å². The van der Waals surface area contributed by atoms with Crippen molar-refractivity contribution in [3.8, 4) is 0 Å². The fourth-order valence-corrected chi connectivity index (χ4v) is 4.11. The van der Waals surface area contributed by atoms with E-state index in [-0.39, 0.29) is 12.5 Å². The quantitative estimate of drug-likeness (QED) is 0.563. The number of rotatable bonds is 6. The second-order valence-electron chi connectivity index (χ2n) is 6.86. The molecule has 0 unspecified atom stereocenters. The van der Waals surface area contributed by atoms with Crippen molar-refractivity contribution in [3.63, 3.8) is 0 Å². The monoisotopic (exact) mass is 394 g/mol. The first kappa shape index (κ1) is 21.2. The number of guanidine groups is 1. The van der Waals surface area contributed by atoms with Crippen LogP contribution in [0.25, 0.3) is 0 Å². The van der Waals surface area contributed by atoms with Crippen LogP contribution < -0.4 is 10.6 Å². The van der Waals surface area contributed by atoms with Gasteiger partial charge in [0.1, 0.15) is 0 Å². The number of sulfone groups is 1. The van der Waals surface area contributed by atoms with Crippen LogP contribution in [0.4, 0.5) is 0 Å². The van der Waals surface area contributed by atoms with Crippen LogP contribution in [-0.4, -0.2) is 57.6 Å². The normalized spacial score (nSPS) is 15.5. The first-order valence-corrected chi connectivity index (χ1v) is 11.3. The third-order valence-electron chi connectivity index (χ3n) is 4.52. The number of nitrogens with zero attached hydrogens (tertiary/aromatic N) is 2. The highest BCUT2D eigenvalue weighted by Crippen LogP contribution is 2.17. The number of carbonyl (C=O) groups excluding carboxylic acids is 1. The van der Waals surface area contributed by atoms with Gasteiger partial charge in [0.15, 0.2) is 15.8 Å². The molecule has 1 fully saturated rings. The summed E-state index contributed by atoms with van der Waals surface area (Å²) >= 11 is 0. The molecule has 1 heterocycles. The van der Waals surface area contributed by atoms with E-state index in [9.17, 15) is 13.2 Å². The van der Waals surface area contributed by atoms with Crippen molar-refractivity contribution in [1.29, 1.82) is 0 Å². The van der Waals surface area contributed by atoms with E-state index in [4.69, 9.17) is 0 Å². The summed E-state index contributed by atoms with van der Waals surface area (Å²) in [6, 6.07) is 5.23. The van der Waals surface area contributed by atoms with Crippen molar-refractivity contribution in [2.24, 2.45) is 4.99 Å². The maximum absolute atomic E-state index is 12.3. The van der Waals surface area contributed by atoms with E-state index in [1.807, 2.05) is 17.9 Å². The number of amides is 1. The van der Waals surface area contributed by atoms with Gasteiger partial charge < -0.3 is 15.5 Å². The van der Waals surface area contributed by atoms with E-state index >= 15 is 0 Å². The number of piperidine rings is 1. The molecule has 0 atom stereocenters.